The molecule has 0 bridgehead atoms. The summed E-state index contributed by atoms with van der Waals surface area (Å²) in [5.41, 5.74) is 0.969. The van der Waals surface area contributed by atoms with Crippen LogP contribution in [0.25, 0.3) is 6.08 Å². The second-order valence-electron chi connectivity index (χ2n) is 6.22. The third kappa shape index (κ3) is 3.90. The van der Waals surface area contributed by atoms with Gasteiger partial charge in [0.05, 0.1) is 0 Å². The topological polar surface area (TPSA) is 23.6 Å². The average molecular weight is 319 g/mol. The van der Waals surface area contributed by atoms with E-state index in [9.17, 15) is 4.79 Å². The van der Waals surface area contributed by atoms with Crippen LogP contribution >= 0.6 is 11.6 Å². The molecular formula is C18H23ClN2O. The highest BCUT2D eigenvalue weighted by atomic mass is 35.5. The molecule has 1 aromatic carbocycles. The lowest BCUT2D eigenvalue weighted by Gasteiger charge is -2.27. The lowest BCUT2D eigenvalue weighted by molar-refractivity contribution is -0.127. The summed E-state index contributed by atoms with van der Waals surface area (Å²) in [5.74, 6) is 0.127. The summed E-state index contributed by atoms with van der Waals surface area (Å²) < 4.78 is 0. The molecule has 1 unspecified atom stereocenters. The summed E-state index contributed by atoms with van der Waals surface area (Å²) in [7, 11) is 0. The van der Waals surface area contributed by atoms with E-state index in [0.717, 1.165) is 31.5 Å². The lowest BCUT2D eigenvalue weighted by Crippen LogP contribution is -2.41. The zero-order chi connectivity index (χ0) is 15.4. The van der Waals surface area contributed by atoms with E-state index in [4.69, 9.17) is 11.6 Å². The van der Waals surface area contributed by atoms with Crippen molar-refractivity contribution in [2.45, 2.75) is 31.7 Å². The van der Waals surface area contributed by atoms with Crippen molar-refractivity contribution in [2.75, 3.05) is 26.2 Å². The Hall–Kier alpha value is -1.32. The Morgan fingerprint density at radius 1 is 1.23 bits per heavy atom. The number of rotatable bonds is 4. The van der Waals surface area contributed by atoms with E-state index in [-0.39, 0.29) is 5.91 Å². The number of halogens is 1. The van der Waals surface area contributed by atoms with Crippen molar-refractivity contribution in [1.29, 1.82) is 0 Å². The molecule has 2 fully saturated rings. The van der Waals surface area contributed by atoms with E-state index >= 15 is 0 Å². The molecule has 1 atom stereocenters. The fourth-order valence-corrected chi connectivity index (χ4v) is 3.65. The quantitative estimate of drug-likeness (QED) is 0.794. The van der Waals surface area contributed by atoms with Crippen LogP contribution in [-0.4, -0.2) is 47.9 Å². The monoisotopic (exact) mass is 318 g/mol. The van der Waals surface area contributed by atoms with Crippen molar-refractivity contribution in [3.63, 3.8) is 0 Å². The number of hydrogen-bond donors (Lipinski definition) is 0. The first-order valence-electron chi connectivity index (χ1n) is 8.19. The third-order valence-electron chi connectivity index (χ3n) is 4.59. The van der Waals surface area contributed by atoms with Gasteiger partial charge in [0, 0.05) is 30.2 Å². The van der Waals surface area contributed by atoms with E-state index in [0.29, 0.717) is 11.1 Å². The van der Waals surface area contributed by atoms with Gasteiger partial charge < -0.3 is 9.80 Å². The Morgan fingerprint density at radius 2 is 2.05 bits per heavy atom. The summed E-state index contributed by atoms with van der Waals surface area (Å²) in [6, 6.07) is 7.96. The molecule has 1 aromatic rings. The number of nitrogens with zero attached hydrogens (tertiary/aromatic N) is 2. The molecule has 2 aliphatic heterocycles. The molecule has 0 aliphatic carbocycles. The largest absolute Gasteiger partial charge is 0.335 e. The van der Waals surface area contributed by atoms with Gasteiger partial charge in [0.1, 0.15) is 0 Å². The predicted molar refractivity (Wildman–Crippen MR) is 90.9 cm³/mol. The van der Waals surface area contributed by atoms with E-state index in [1.807, 2.05) is 35.2 Å². The zero-order valence-electron chi connectivity index (χ0n) is 12.9. The van der Waals surface area contributed by atoms with Crippen LogP contribution in [0.4, 0.5) is 0 Å². The van der Waals surface area contributed by atoms with Crippen molar-refractivity contribution in [3.05, 3.63) is 40.9 Å². The van der Waals surface area contributed by atoms with E-state index < -0.39 is 0 Å². The highest BCUT2D eigenvalue weighted by Crippen LogP contribution is 2.21. The molecule has 22 heavy (non-hydrogen) atoms. The molecule has 2 aliphatic rings. The molecule has 0 spiro atoms. The van der Waals surface area contributed by atoms with Crippen LogP contribution in [0, 0.1) is 0 Å². The molecule has 2 saturated heterocycles. The number of carbonyl (C=O) groups is 1. The van der Waals surface area contributed by atoms with Gasteiger partial charge in [0.15, 0.2) is 0 Å². The van der Waals surface area contributed by atoms with Gasteiger partial charge in [-0.25, -0.2) is 0 Å². The van der Waals surface area contributed by atoms with E-state index in [1.54, 1.807) is 6.08 Å². The Labute approximate surface area is 137 Å². The highest BCUT2D eigenvalue weighted by Gasteiger charge is 2.29. The fourth-order valence-electron chi connectivity index (χ4n) is 3.45. The van der Waals surface area contributed by atoms with E-state index in [1.165, 1.54) is 25.9 Å². The van der Waals surface area contributed by atoms with Gasteiger partial charge in [0.2, 0.25) is 5.91 Å². The molecule has 4 heteroatoms. The van der Waals surface area contributed by atoms with Crippen molar-refractivity contribution >= 4 is 23.6 Å². The van der Waals surface area contributed by atoms with Gasteiger partial charge in [-0.1, -0.05) is 23.7 Å². The minimum absolute atomic E-state index is 0.127. The Balaban J connectivity index is 1.60. The van der Waals surface area contributed by atoms with Gasteiger partial charge in [-0.15, -0.1) is 0 Å². The van der Waals surface area contributed by atoms with Crippen molar-refractivity contribution < 1.29 is 4.79 Å². The van der Waals surface area contributed by atoms with Crippen molar-refractivity contribution in [3.8, 4) is 0 Å². The van der Waals surface area contributed by atoms with E-state index in [2.05, 4.69) is 4.90 Å². The van der Waals surface area contributed by atoms with Crippen LogP contribution in [0.2, 0.25) is 5.02 Å². The van der Waals surface area contributed by atoms with Gasteiger partial charge in [0.25, 0.3) is 0 Å². The molecule has 0 saturated carbocycles. The van der Waals surface area contributed by atoms with Gasteiger partial charge in [-0.3, -0.25) is 4.79 Å². The third-order valence-corrected chi connectivity index (χ3v) is 4.83. The first-order valence-corrected chi connectivity index (χ1v) is 8.57. The number of benzene rings is 1. The number of amides is 1. The number of hydrogen-bond acceptors (Lipinski definition) is 2. The molecular weight excluding hydrogens is 296 g/mol. The second-order valence-corrected chi connectivity index (χ2v) is 6.66. The van der Waals surface area contributed by atoms with Crippen molar-refractivity contribution in [1.82, 2.24) is 9.80 Å². The standard InChI is InChI=1S/C18H23ClN2O/c19-16-6-3-5-15(13-16)8-9-18(22)21-12-4-7-17(21)14-20-10-1-2-11-20/h3,5-6,8-9,13,17H,1-2,4,7,10-12,14H2. The van der Waals surface area contributed by atoms with Gasteiger partial charge in [-0.2, -0.15) is 0 Å². The van der Waals surface area contributed by atoms with Gasteiger partial charge in [-0.05, 0) is 62.5 Å². The van der Waals surface area contributed by atoms with Gasteiger partial charge >= 0.3 is 0 Å². The van der Waals surface area contributed by atoms with Crippen LogP contribution < -0.4 is 0 Å². The summed E-state index contributed by atoms with van der Waals surface area (Å²) in [4.78, 5) is 17.0. The summed E-state index contributed by atoms with van der Waals surface area (Å²) in [6.07, 6.45) is 8.40. The molecule has 0 aromatic heterocycles. The minimum atomic E-state index is 0.127. The molecule has 1 amide bonds. The lowest BCUT2D eigenvalue weighted by atomic mass is 10.2. The number of likely N-dealkylation sites (tertiary alicyclic amines) is 2. The molecule has 0 N–H and O–H groups in total. The van der Waals surface area contributed by atoms with Crippen LogP contribution in [0.15, 0.2) is 30.3 Å². The summed E-state index contributed by atoms with van der Waals surface area (Å²) in [6.45, 7) is 4.31. The Kier molecular flexibility index (Phi) is 5.16. The fraction of sp³-hybridized carbons (Fsp3) is 0.500. The smallest absolute Gasteiger partial charge is 0.246 e. The minimum Gasteiger partial charge on any atom is -0.335 e. The predicted octanol–water partition coefficient (Wildman–Crippen LogP) is 3.44. The maximum absolute atomic E-state index is 12.5. The second kappa shape index (κ2) is 7.30. The zero-order valence-corrected chi connectivity index (χ0v) is 13.6. The molecule has 118 valence electrons. The Bertz CT molecular complexity index is 552. The highest BCUT2D eigenvalue weighted by molar-refractivity contribution is 6.30. The van der Waals surface area contributed by atoms with Crippen LogP contribution in [-0.2, 0) is 4.79 Å². The first kappa shape index (κ1) is 15.6. The SMILES string of the molecule is O=C(C=Cc1cccc(Cl)c1)N1CCCC1CN1CCCC1. The molecule has 3 nitrogen and oxygen atoms in total. The number of carbonyl (C=O) groups excluding carboxylic acids is 1. The molecule has 0 radical (unpaired) electrons. The molecule has 3 rings (SSSR count). The first-order chi connectivity index (χ1) is 10.7. The normalized spacial score (nSPS) is 22.8. The maximum atomic E-state index is 12.5. The molecule has 2 heterocycles. The maximum Gasteiger partial charge on any atom is 0.246 e. The summed E-state index contributed by atoms with van der Waals surface area (Å²) >= 11 is 5.97. The summed E-state index contributed by atoms with van der Waals surface area (Å²) in [5, 5.41) is 0.697. The van der Waals surface area contributed by atoms with Crippen LogP contribution in [0.1, 0.15) is 31.2 Å². The van der Waals surface area contributed by atoms with Crippen molar-refractivity contribution in [2.24, 2.45) is 0 Å². The Morgan fingerprint density at radius 3 is 2.82 bits per heavy atom. The average Bonchev–Trinajstić information content (AvgIpc) is 3.17. The van der Waals surface area contributed by atoms with Crippen LogP contribution in [0.5, 0.6) is 0 Å². The van der Waals surface area contributed by atoms with Crippen LogP contribution in [0.3, 0.4) is 0 Å².